The second-order valence-electron chi connectivity index (χ2n) is 6.18. The van der Waals surface area contributed by atoms with Crippen molar-refractivity contribution in [2.45, 2.75) is 53.4 Å². The van der Waals surface area contributed by atoms with E-state index in [0.717, 1.165) is 17.5 Å². The molecule has 0 saturated heterocycles. The van der Waals surface area contributed by atoms with Crippen LogP contribution in [0.2, 0.25) is 0 Å². The molecule has 0 bridgehead atoms. The zero-order valence-corrected chi connectivity index (χ0v) is 17.0. The van der Waals surface area contributed by atoms with Gasteiger partial charge in [0.2, 0.25) is 0 Å². The van der Waals surface area contributed by atoms with Gasteiger partial charge >= 0.3 is 7.82 Å². The van der Waals surface area contributed by atoms with Gasteiger partial charge in [-0.15, -0.1) is 0 Å². The van der Waals surface area contributed by atoms with E-state index in [2.05, 4.69) is 6.92 Å². The van der Waals surface area contributed by atoms with Crippen LogP contribution < -0.4 is 4.52 Å². The van der Waals surface area contributed by atoms with Crippen LogP contribution in [-0.2, 0) is 26.5 Å². The molecular formula is C20H29O5P. The summed E-state index contributed by atoms with van der Waals surface area (Å²) in [7, 11) is -3.73. The molecule has 6 heteroatoms. The molecule has 2 aromatic carbocycles. The van der Waals surface area contributed by atoms with Gasteiger partial charge in [0.25, 0.3) is 0 Å². The number of phenols is 1. The highest BCUT2D eigenvalue weighted by atomic mass is 31.2. The van der Waals surface area contributed by atoms with Crippen molar-refractivity contribution in [2.75, 3.05) is 13.2 Å². The van der Waals surface area contributed by atoms with Gasteiger partial charge in [0.1, 0.15) is 11.5 Å². The Morgan fingerprint density at radius 1 is 0.923 bits per heavy atom. The molecule has 0 aromatic heterocycles. The van der Waals surface area contributed by atoms with Crippen LogP contribution in [-0.4, -0.2) is 18.3 Å². The summed E-state index contributed by atoms with van der Waals surface area (Å²) in [5.41, 5.74) is 1.87. The van der Waals surface area contributed by atoms with E-state index in [1.165, 1.54) is 0 Å². The van der Waals surface area contributed by atoms with Gasteiger partial charge in [-0.2, -0.15) is 0 Å². The molecule has 0 saturated carbocycles. The molecule has 0 aliphatic heterocycles. The van der Waals surface area contributed by atoms with Crippen molar-refractivity contribution in [3.05, 3.63) is 35.4 Å². The van der Waals surface area contributed by atoms with Crippen LogP contribution in [0.1, 0.15) is 51.7 Å². The molecule has 0 atom stereocenters. The maximum Gasteiger partial charge on any atom is 0.530 e. The predicted molar refractivity (Wildman–Crippen MR) is 105 cm³/mol. The monoisotopic (exact) mass is 380 g/mol. The molecule has 0 spiro atoms. The number of aryl methyl sites for hydroxylation is 2. The summed E-state index contributed by atoms with van der Waals surface area (Å²) in [5, 5.41) is 11.8. The number of benzene rings is 2. The fourth-order valence-electron chi connectivity index (χ4n) is 2.68. The maximum absolute atomic E-state index is 13.1. The largest absolute Gasteiger partial charge is 0.530 e. The van der Waals surface area contributed by atoms with Crippen molar-refractivity contribution in [3.63, 3.8) is 0 Å². The normalized spacial score (nSPS) is 11.8. The van der Waals surface area contributed by atoms with E-state index < -0.39 is 7.82 Å². The number of rotatable bonds is 10. The lowest BCUT2D eigenvalue weighted by atomic mass is 10.00. The van der Waals surface area contributed by atoms with Crippen LogP contribution >= 0.6 is 7.82 Å². The first-order valence-corrected chi connectivity index (χ1v) is 10.8. The number of fused-ring (bicyclic) bond motifs is 1. The van der Waals surface area contributed by atoms with E-state index in [1.54, 1.807) is 6.07 Å². The molecule has 0 amide bonds. The van der Waals surface area contributed by atoms with Crippen molar-refractivity contribution >= 4 is 18.6 Å². The fraction of sp³-hybridized carbons (Fsp3) is 0.500. The summed E-state index contributed by atoms with van der Waals surface area (Å²) < 4.78 is 29.9. The van der Waals surface area contributed by atoms with Crippen LogP contribution in [0.4, 0.5) is 0 Å². The zero-order valence-electron chi connectivity index (χ0n) is 16.1. The molecule has 0 heterocycles. The summed E-state index contributed by atoms with van der Waals surface area (Å²) in [5.74, 6) is 0.650. The molecule has 0 fully saturated rings. The molecule has 1 N–H and O–H groups in total. The summed E-state index contributed by atoms with van der Waals surface area (Å²) in [6.45, 7) is 8.46. The highest BCUT2D eigenvalue weighted by molar-refractivity contribution is 7.49. The van der Waals surface area contributed by atoms with Crippen LogP contribution in [0.15, 0.2) is 24.3 Å². The summed E-state index contributed by atoms with van der Waals surface area (Å²) in [6, 6.07) is 7.48. The van der Waals surface area contributed by atoms with Gasteiger partial charge in [-0.3, -0.25) is 9.05 Å². The van der Waals surface area contributed by atoms with Crippen molar-refractivity contribution in [1.82, 2.24) is 0 Å². The minimum absolute atomic E-state index is 0.193. The number of hydrogen-bond donors (Lipinski definition) is 1. The van der Waals surface area contributed by atoms with E-state index >= 15 is 0 Å². The fourth-order valence-corrected chi connectivity index (χ4v) is 4.11. The molecule has 26 heavy (non-hydrogen) atoms. The van der Waals surface area contributed by atoms with Gasteiger partial charge in [-0.1, -0.05) is 39.8 Å². The lowest BCUT2D eigenvalue weighted by Crippen LogP contribution is -2.06. The van der Waals surface area contributed by atoms with Gasteiger partial charge in [0, 0.05) is 10.8 Å². The van der Waals surface area contributed by atoms with Crippen molar-refractivity contribution in [1.29, 1.82) is 0 Å². The number of hydrogen-bond acceptors (Lipinski definition) is 5. The first-order valence-electron chi connectivity index (χ1n) is 9.34. The molecule has 0 aliphatic carbocycles. The Labute approximate surface area is 155 Å². The average Bonchev–Trinajstić information content (AvgIpc) is 2.66. The van der Waals surface area contributed by atoms with Gasteiger partial charge in [0.05, 0.1) is 13.2 Å². The van der Waals surface area contributed by atoms with E-state index in [-0.39, 0.29) is 5.75 Å². The molecular weight excluding hydrogens is 351 g/mol. The first-order chi connectivity index (χ1) is 12.5. The molecule has 0 aliphatic rings. The minimum Gasteiger partial charge on any atom is -0.507 e. The number of aromatic hydroxyl groups is 1. The third kappa shape index (κ3) is 4.79. The van der Waals surface area contributed by atoms with Gasteiger partial charge in [-0.05, 0) is 48.9 Å². The zero-order chi connectivity index (χ0) is 19.2. The van der Waals surface area contributed by atoms with E-state index in [9.17, 15) is 9.67 Å². The SMILES string of the molecule is CCCOP(=O)(OCCC)Oc1c(CC)cc(O)c2cc(CC)ccc12. The van der Waals surface area contributed by atoms with E-state index in [4.69, 9.17) is 13.6 Å². The number of phenolic OH excluding ortho intramolecular Hbond substituents is 1. The molecule has 2 rings (SSSR count). The minimum atomic E-state index is -3.73. The van der Waals surface area contributed by atoms with Gasteiger partial charge in [0.15, 0.2) is 0 Å². The quantitative estimate of drug-likeness (QED) is 0.511. The van der Waals surface area contributed by atoms with Crippen LogP contribution in [0.5, 0.6) is 11.5 Å². The summed E-state index contributed by atoms with van der Waals surface area (Å²) >= 11 is 0. The standard InChI is InChI=1S/C20H29O5P/c1-5-11-23-26(22,24-12-6-2)25-20-16(8-4)14-19(21)18-13-15(7-3)9-10-17(18)20/h9-10,13-14,21H,5-8,11-12H2,1-4H3. The van der Waals surface area contributed by atoms with E-state index in [1.807, 2.05) is 39.0 Å². The average molecular weight is 380 g/mol. The summed E-state index contributed by atoms with van der Waals surface area (Å²) in [4.78, 5) is 0. The van der Waals surface area contributed by atoms with E-state index in [0.29, 0.717) is 49.0 Å². The Balaban J connectivity index is 2.54. The lowest BCUT2D eigenvalue weighted by Gasteiger charge is -2.21. The maximum atomic E-state index is 13.1. The smallest absolute Gasteiger partial charge is 0.507 e. The Morgan fingerprint density at radius 2 is 1.58 bits per heavy atom. The van der Waals surface area contributed by atoms with Crippen molar-refractivity contribution < 1.29 is 23.2 Å². The third-order valence-corrected chi connectivity index (χ3v) is 5.51. The third-order valence-electron chi connectivity index (χ3n) is 4.11. The van der Waals surface area contributed by atoms with Crippen LogP contribution in [0.3, 0.4) is 0 Å². The predicted octanol–water partition coefficient (Wildman–Crippen LogP) is 6.01. The second kappa shape index (κ2) is 9.40. The highest BCUT2D eigenvalue weighted by Crippen LogP contribution is 2.52. The lowest BCUT2D eigenvalue weighted by molar-refractivity contribution is 0.155. The molecule has 144 valence electrons. The Morgan fingerprint density at radius 3 is 2.12 bits per heavy atom. The molecule has 5 nitrogen and oxygen atoms in total. The highest BCUT2D eigenvalue weighted by Gasteiger charge is 2.30. The first kappa shape index (κ1) is 20.8. The number of phosphoric acid groups is 1. The van der Waals surface area contributed by atoms with Crippen molar-refractivity contribution in [2.24, 2.45) is 0 Å². The molecule has 0 radical (unpaired) electrons. The van der Waals surface area contributed by atoms with Crippen molar-refractivity contribution in [3.8, 4) is 11.5 Å². The second-order valence-corrected chi connectivity index (χ2v) is 7.77. The number of phosphoric ester groups is 1. The molecule has 0 unspecified atom stereocenters. The van der Waals surface area contributed by atoms with Gasteiger partial charge in [-0.25, -0.2) is 4.57 Å². The van der Waals surface area contributed by atoms with Crippen LogP contribution in [0, 0.1) is 0 Å². The summed E-state index contributed by atoms with van der Waals surface area (Å²) in [6.07, 6.45) is 2.90. The topological polar surface area (TPSA) is 65.0 Å². The Hall–Kier alpha value is -1.55. The molecule has 2 aromatic rings. The Bertz CT molecular complexity index is 775. The van der Waals surface area contributed by atoms with Crippen LogP contribution in [0.25, 0.3) is 10.8 Å². The van der Waals surface area contributed by atoms with Gasteiger partial charge < -0.3 is 9.63 Å². The Kier molecular flexibility index (Phi) is 7.51.